The summed E-state index contributed by atoms with van der Waals surface area (Å²) in [7, 11) is 1.98. The highest BCUT2D eigenvalue weighted by atomic mass is 32.1. The Bertz CT molecular complexity index is 732. The van der Waals surface area contributed by atoms with Crippen molar-refractivity contribution in [2.45, 2.75) is 38.8 Å². The Labute approximate surface area is 145 Å². The first-order valence-electron chi connectivity index (χ1n) is 8.44. The second-order valence-corrected chi connectivity index (χ2v) is 8.05. The van der Waals surface area contributed by atoms with Crippen LogP contribution in [0.25, 0.3) is 0 Å². The van der Waals surface area contributed by atoms with Crippen LogP contribution in [-0.4, -0.2) is 44.7 Å². The van der Waals surface area contributed by atoms with Crippen molar-refractivity contribution in [2.75, 3.05) is 13.1 Å². The zero-order valence-corrected chi connectivity index (χ0v) is 15.0. The maximum absolute atomic E-state index is 12.1. The number of hydrogen-bond acceptors (Lipinski definition) is 5. The average molecular weight is 345 g/mol. The molecular formula is C17H23N5OS. The monoisotopic (exact) mass is 345 g/mol. The predicted octanol–water partition coefficient (Wildman–Crippen LogP) is 1.97. The summed E-state index contributed by atoms with van der Waals surface area (Å²) in [6.45, 7) is 5.33. The van der Waals surface area contributed by atoms with E-state index in [2.05, 4.69) is 33.4 Å². The van der Waals surface area contributed by atoms with Gasteiger partial charge in [0.1, 0.15) is 5.69 Å². The molecule has 2 aromatic rings. The molecule has 0 radical (unpaired) electrons. The minimum atomic E-state index is -0.0306. The Kier molecular flexibility index (Phi) is 3.92. The van der Waals surface area contributed by atoms with E-state index in [1.54, 1.807) is 10.9 Å². The van der Waals surface area contributed by atoms with Crippen LogP contribution in [0.15, 0.2) is 17.1 Å². The Morgan fingerprint density at radius 3 is 3.00 bits per heavy atom. The summed E-state index contributed by atoms with van der Waals surface area (Å²) in [5.41, 5.74) is 5.09. The summed E-state index contributed by atoms with van der Waals surface area (Å²) in [4.78, 5) is 18.7. The zero-order valence-electron chi connectivity index (χ0n) is 14.2. The molecule has 24 heavy (non-hydrogen) atoms. The molecule has 1 saturated carbocycles. The van der Waals surface area contributed by atoms with Crippen LogP contribution in [0, 0.1) is 12.3 Å². The number of carbonyl (C=O) groups is 1. The number of nitrogens with one attached hydrogen (secondary N) is 1. The van der Waals surface area contributed by atoms with Crippen molar-refractivity contribution in [3.8, 4) is 0 Å². The smallest absolute Gasteiger partial charge is 0.270 e. The topological polar surface area (TPSA) is 63.1 Å². The van der Waals surface area contributed by atoms with Gasteiger partial charge in [-0.3, -0.25) is 14.4 Å². The molecule has 128 valence electrons. The Morgan fingerprint density at radius 1 is 1.50 bits per heavy atom. The molecule has 1 aliphatic heterocycles. The van der Waals surface area contributed by atoms with Crippen LogP contribution in [-0.2, 0) is 13.6 Å². The lowest BCUT2D eigenvalue weighted by Gasteiger charge is -2.45. The normalized spacial score (nSPS) is 26.7. The van der Waals surface area contributed by atoms with E-state index in [4.69, 9.17) is 0 Å². The largest absolute Gasteiger partial charge is 0.348 e. The summed E-state index contributed by atoms with van der Waals surface area (Å²) >= 11 is 1.46. The number of nitrogens with zero attached hydrogens (tertiary/aromatic N) is 4. The van der Waals surface area contributed by atoms with Crippen LogP contribution in [0.2, 0.25) is 0 Å². The Balaban J connectivity index is 1.29. The molecule has 1 saturated heterocycles. The minimum Gasteiger partial charge on any atom is -0.348 e. The molecule has 1 amide bonds. The number of hydrogen-bond donors (Lipinski definition) is 1. The summed E-state index contributed by atoms with van der Waals surface area (Å²) in [6, 6.07) is 0.305. The summed E-state index contributed by atoms with van der Waals surface area (Å²) < 4.78 is 1.89. The molecule has 1 aliphatic carbocycles. The number of thiazole rings is 1. The van der Waals surface area contributed by atoms with Crippen LogP contribution in [0.1, 0.15) is 41.0 Å². The molecule has 0 bridgehead atoms. The van der Waals surface area contributed by atoms with Crippen molar-refractivity contribution in [3.63, 3.8) is 0 Å². The fraction of sp³-hybridized carbons (Fsp3) is 0.588. The lowest BCUT2D eigenvalue weighted by atomic mass is 9.65. The number of carbonyl (C=O) groups excluding carboxylic acids is 1. The number of likely N-dealkylation sites (tertiary alicyclic amines) is 1. The Morgan fingerprint density at radius 2 is 2.33 bits per heavy atom. The van der Waals surface area contributed by atoms with E-state index in [1.165, 1.54) is 23.3 Å². The third-order valence-electron chi connectivity index (χ3n) is 5.39. The van der Waals surface area contributed by atoms with E-state index in [0.717, 1.165) is 38.2 Å². The second kappa shape index (κ2) is 5.97. The highest BCUT2D eigenvalue weighted by Gasteiger charge is 2.48. The first kappa shape index (κ1) is 15.8. The molecular weight excluding hydrogens is 322 g/mol. The van der Waals surface area contributed by atoms with E-state index in [1.807, 2.05) is 11.7 Å². The molecule has 0 atom stereocenters. The van der Waals surface area contributed by atoms with Gasteiger partial charge in [-0.15, -0.1) is 11.3 Å². The van der Waals surface area contributed by atoms with Crippen LogP contribution in [0.5, 0.6) is 0 Å². The average Bonchev–Trinajstić information content (AvgIpc) is 3.20. The molecule has 2 aliphatic rings. The van der Waals surface area contributed by atoms with Crippen molar-refractivity contribution in [2.24, 2.45) is 12.5 Å². The SMILES string of the molecule is Cc1nn(C)cc1CN1CCC2(CC(NC(=O)c3cscn3)C2)C1. The molecule has 2 fully saturated rings. The quantitative estimate of drug-likeness (QED) is 0.920. The standard InChI is InChI=1S/C17H23N5OS/c1-12-13(7-21(2)20-12)8-22-4-3-17(10-22)5-14(6-17)19-16(23)15-9-24-11-18-15/h7,9,11,14H,3-6,8,10H2,1-2H3,(H,19,23). The number of rotatable bonds is 4. The molecule has 6 nitrogen and oxygen atoms in total. The molecule has 7 heteroatoms. The molecule has 0 unspecified atom stereocenters. The molecule has 3 heterocycles. The van der Waals surface area contributed by atoms with Crippen LogP contribution < -0.4 is 5.32 Å². The molecule has 1 spiro atoms. The first-order valence-corrected chi connectivity index (χ1v) is 9.38. The van der Waals surface area contributed by atoms with Crippen LogP contribution in [0.4, 0.5) is 0 Å². The van der Waals surface area contributed by atoms with E-state index >= 15 is 0 Å². The second-order valence-electron chi connectivity index (χ2n) is 7.33. The summed E-state index contributed by atoms with van der Waals surface area (Å²) in [5, 5.41) is 9.35. The van der Waals surface area contributed by atoms with Gasteiger partial charge in [0, 0.05) is 43.3 Å². The van der Waals surface area contributed by atoms with Gasteiger partial charge in [-0.05, 0) is 38.1 Å². The fourth-order valence-corrected chi connectivity index (χ4v) is 4.74. The molecule has 1 N–H and O–H groups in total. The van der Waals surface area contributed by atoms with Gasteiger partial charge in [-0.1, -0.05) is 0 Å². The number of amides is 1. The molecule has 0 aromatic carbocycles. The third-order valence-corrected chi connectivity index (χ3v) is 5.97. The number of aryl methyl sites for hydroxylation is 2. The van der Waals surface area contributed by atoms with E-state index in [9.17, 15) is 4.79 Å². The van der Waals surface area contributed by atoms with Crippen molar-refractivity contribution in [1.29, 1.82) is 0 Å². The summed E-state index contributed by atoms with van der Waals surface area (Å²) in [6.07, 6.45) is 5.53. The molecule has 4 rings (SSSR count). The minimum absolute atomic E-state index is 0.0306. The van der Waals surface area contributed by atoms with Gasteiger partial charge in [0.2, 0.25) is 0 Å². The van der Waals surface area contributed by atoms with Gasteiger partial charge < -0.3 is 5.32 Å². The van der Waals surface area contributed by atoms with Crippen molar-refractivity contribution < 1.29 is 4.79 Å². The van der Waals surface area contributed by atoms with E-state index in [-0.39, 0.29) is 5.91 Å². The van der Waals surface area contributed by atoms with Gasteiger partial charge in [-0.2, -0.15) is 5.10 Å². The van der Waals surface area contributed by atoms with Crippen molar-refractivity contribution in [1.82, 2.24) is 25.0 Å². The van der Waals surface area contributed by atoms with Crippen LogP contribution >= 0.6 is 11.3 Å². The van der Waals surface area contributed by atoms with Crippen molar-refractivity contribution in [3.05, 3.63) is 34.0 Å². The highest BCUT2D eigenvalue weighted by Crippen LogP contribution is 2.48. The van der Waals surface area contributed by atoms with Gasteiger partial charge in [-0.25, -0.2) is 4.98 Å². The summed E-state index contributed by atoms with van der Waals surface area (Å²) in [5.74, 6) is -0.0306. The van der Waals surface area contributed by atoms with Gasteiger partial charge in [0.15, 0.2) is 0 Å². The van der Waals surface area contributed by atoms with Crippen LogP contribution in [0.3, 0.4) is 0 Å². The van der Waals surface area contributed by atoms with Gasteiger partial charge >= 0.3 is 0 Å². The van der Waals surface area contributed by atoms with Crippen molar-refractivity contribution >= 4 is 17.2 Å². The van der Waals surface area contributed by atoms with Gasteiger partial charge in [0.05, 0.1) is 11.2 Å². The zero-order chi connectivity index (χ0) is 16.7. The van der Waals surface area contributed by atoms with Gasteiger partial charge in [0.25, 0.3) is 5.91 Å². The first-order chi connectivity index (χ1) is 11.5. The van der Waals surface area contributed by atoms with E-state index < -0.39 is 0 Å². The third kappa shape index (κ3) is 2.98. The highest BCUT2D eigenvalue weighted by molar-refractivity contribution is 7.07. The number of aromatic nitrogens is 3. The maximum Gasteiger partial charge on any atom is 0.270 e. The lowest BCUT2D eigenvalue weighted by Crippen LogP contribution is -2.51. The van der Waals surface area contributed by atoms with E-state index in [0.29, 0.717) is 17.2 Å². The predicted molar refractivity (Wildman–Crippen MR) is 92.9 cm³/mol. The maximum atomic E-state index is 12.1. The fourth-order valence-electron chi connectivity index (χ4n) is 4.21. The lowest BCUT2D eigenvalue weighted by molar-refractivity contribution is 0.0691. The Hall–Kier alpha value is -1.73. The molecule has 2 aromatic heterocycles.